The molecule has 6 heteroatoms. The monoisotopic (exact) mass is 268 g/mol. The van der Waals surface area contributed by atoms with Gasteiger partial charge in [-0.2, -0.15) is 0 Å². The first-order valence-electron chi connectivity index (χ1n) is 6.38. The van der Waals surface area contributed by atoms with Gasteiger partial charge in [0.1, 0.15) is 17.5 Å². The molecule has 0 saturated carbocycles. The van der Waals surface area contributed by atoms with Gasteiger partial charge in [0.15, 0.2) is 0 Å². The Hall–Kier alpha value is -1.17. The maximum Gasteiger partial charge on any atom is 0.132 e. The number of rotatable bonds is 4. The topological polar surface area (TPSA) is 66.9 Å². The Morgan fingerprint density at radius 3 is 2.67 bits per heavy atom. The van der Waals surface area contributed by atoms with E-state index in [1.165, 1.54) is 0 Å². The summed E-state index contributed by atoms with van der Waals surface area (Å²) in [5.41, 5.74) is 0. The van der Waals surface area contributed by atoms with Gasteiger partial charge in [0.2, 0.25) is 0 Å². The predicted molar refractivity (Wildman–Crippen MR) is 75.5 cm³/mol. The SMILES string of the molecule is CCNc1cc(NC2CCS(=O)CC2)nc(C)n1. The Balaban J connectivity index is 2.02. The van der Waals surface area contributed by atoms with Gasteiger partial charge < -0.3 is 10.6 Å². The minimum absolute atomic E-state index is 0.381. The van der Waals surface area contributed by atoms with Crippen LogP contribution in [0.3, 0.4) is 0 Å². The molecular weight excluding hydrogens is 248 g/mol. The van der Waals surface area contributed by atoms with Crippen LogP contribution in [-0.4, -0.2) is 38.3 Å². The summed E-state index contributed by atoms with van der Waals surface area (Å²) in [6.45, 7) is 4.78. The first-order chi connectivity index (χ1) is 8.67. The van der Waals surface area contributed by atoms with Gasteiger partial charge in [0, 0.05) is 41.0 Å². The molecule has 0 aromatic carbocycles. The molecule has 1 aromatic rings. The average molecular weight is 268 g/mol. The third kappa shape index (κ3) is 3.66. The minimum Gasteiger partial charge on any atom is -0.370 e. The van der Waals surface area contributed by atoms with Crippen LogP contribution in [0.2, 0.25) is 0 Å². The highest BCUT2D eigenvalue weighted by Crippen LogP contribution is 2.17. The van der Waals surface area contributed by atoms with Crippen LogP contribution in [-0.2, 0) is 10.8 Å². The van der Waals surface area contributed by atoms with Crippen molar-refractivity contribution in [3.05, 3.63) is 11.9 Å². The standard InChI is InChI=1S/C12H20N4OS/c1-3-13-11-8-12(15-9(2)14-11)16-10-4-6-18(17)7-5-10/h8,10H,3-7H2,1-2H3,(H2,13,14,15,16). The zero-order valence-electron chi connectivity index (χ0n) is 10.9. The second-order valence-electron chi connectivity index (χ2n) is 4.48. The Morgan fingerprint density at radius 2 is 2.00 bits per heavy atom. The van der Waals surface area contributed by atoms with E-state index >= 15 is 0 Å². The normalized spacial score (nSPS) is 23.7. The van der Waals surface area contributed by atoms with Crippen molar-refractivity contribution in [1.82, 2.24) is 9.97 Å². The third-order valence-electron chi connectivity index (χ3n) is 2.94. The van der Waals surface area contributed by atoms with Gasteiger partial charge in [-0.15, -0.1) is 0 Å². The van der Waals surface area contributed by atoms with Crippen LogP contribution in [0.4, 0.5) is 11.6 Å². The molecule has 0 aliphatic carbocycles. The summed E-state index contributed by atoms with van der Waals surface area (Å²) in [6, 6.07) is 2.31. The Bertz CT molecular complexity index is 428. The predicted octanol–water partition coefficient (Wildman–Crippen LogP) is 1.54. The number of anilines is 2. The molecule has 2 heterocycles. The maximum absolute atomic E-state index is 11.3. The number of aromatic nitrogens is 2. The maximum atomic E-state index is 11.3. The second-order valence-corrected chi connectivity index (χ2v) is 6.18. The van der Waals surface area contributed by atoms with Gasteiger partial charge in [0.05, 0.1) is 0 Å². The van der Waals surface area contributed by atoms with E-state index in [-0.39, 0.29) is 0 Å². The van der Waals surface area contributed by atoms with Gasteiger partial charge in [-0.1, -0.05) is 0 Å². The van der Waals surface area contributed by atoms with Crippen molar-refractivity contribution < 1.29 is 4.21 Å². The molecule has 1 aromatic heterocycles. The Morgan fingerprint density at radius 1 is 1.33 bits per heavy atom. The molecule has 1 aliphatic rings. The van der Waals surface area contributed by atoms with Crippen molar-refractivity contribution in [3.63, 3.8) is 0 Å². The summed E-state index contributed by atoms with van der Waals surface area (Å²) < 4.78 is 11.3. The van der Waals surface area contributed by atoms with Gasteiger partial charge in [-0.3, -0.25) is 4.21 Å². The van der Waals surface area contributed by atoms with Gasteiger partial charge in [-0.05, 0) is 26.7 Å². The van der Waals surface area contributed by atoms with Crippen molar-refractivity contribution in [2.45, 2.75) is 32.7 Å². The lowest BCUT2D eigenvalue weighted by molar-refractivity contribution is 0.622. The van der Waals surface area contributed by atoms with Crippen molar-refractivity contribution in [2.75, 3.05) is 28.7 Å². The average Bonchev–Trinajstić information content (AvgIpc) is 2.32. The van der Waals surface area contributed by atoms with E-state index < -0.39 is 10.8 Å². The fourth-order valence-corrected chi connectivity index (χ4v) is 3.36. The number of hydrogen-bond acceptors (Lipinski definition) is 5. The summed E-state index contributed by atoms with van der Waals surface area (Å²) in [4.78, 5) is 8.71. The Kier molecular flexibility index (Phi) is 4.52. The highest BCUT2D eigenvalue weighted by atomic mass is 32.2. The van der Waals surface area contributed by atoms with Crippen molar-refractivity contribution >= 4 is 22.4 Å². The van der Waals surface area contributed by atoms with E-state index in [0.29, 0.717) is 6.04 Å². The smallest absolute Gasteiger partial charge is 0.132 e. The highest BCUT2D eigenvalue weighted by Gasteiger charge is 2.18. The van der Waals surface area contributed by atoms with Crippen LogP contribution in [0.15, 0.2) is 6.07 Å². The van der Waals surface area contributed by atoms with E-state index in [4.69, 9.17) is 0 Å². The first kappa shape index (κ1) is 13.3. The van der Waals surface area contributed by atoms with E-state index in [2.05, 4.69) is 20.6 Å². The summed E-state index contributed by atoms with van der Waals surface area (Å²) in [5, 5.41) is 6.61. The molecule has 5 nitrogen and oxygen atoms in total. The third-order valence-corrected chi connectivity index (χ3v) is 4.32. The largest absolute Gasteiger partial charge is 0.370 e. The molecule has 0 bridgehead atoms. The van der Waals surface area contributed by atoms with Crippen LogP contribution in [0, 0.1) is 6.92 Å². The number of nitrogens with one attached hydrogen (secondary N) is 2. The van der Waals surface area contributed by atoms with E-state index in [1.54, 1.807) is 0 Å². The van der Waals surface area contributed by atoms with Crippen molar-refractivity contribution in [3.8, 4) is 0 Å². The fourth-order valence-electron chi connectivity index (χ4n) is 2.06. The second kappa shape index (κ2) is 6.13. The summed E-state index contributed by atoms with van der Waals surface area (Å²) in [6.07, 6.45) is 1.90. The van der Waals surface area contributed by atoms with E-state index in [9.17, 15) is 4.21 Å². The molecule has 0 spiro atoms. The van der Waals surface area contributed by atoms with Crippen molar-refractivity contribution in [2.24, 2.45) is 0 Å². The molecule has 2 rings (SSSR count). The molecule has 18 heavy (non-hydrogen) atoms. The summed E-state index contributed by atoms with van der Waals surface area (Å²) in [5.74, 6) is 4.06. The molecule has 1 saturated heterocycles. The van der Waals surface area contributed by atoms with Crippen LogP contribution in [0.5, 0.6) is 0 Å². The highest BCUT2D eigenvalue weighted by molar-refractivity contribution is 7.85. The molecular formula is C12H20N4OS. The lowest BCUT2D eigenvalue weighted by Crippen LogP contribution is -2.29. The summed E-state index contributed by atoms with van der Waals surface area (Å²) >= 11 is 0. The van der Waals surface area contributed by atoms with Gasteiger partial charge in [-0.25, -0.2) is 9.97 Å². The van der Waals surface area contributed by atoms with Crippen LogP contribution >= 0.6 is 0 Å². The number of hydrogen-bond donors (Lipinski definition) is 2. The van der Waals surface area contributed by atoms with Crippen LogP contribution in [0.25, 0.3) is 0 Å². The molecule has 1 fully saturated rings. The quantitative estimate of drug-likeness (QED) is 0.867. The molecule has 0 radical (unpaired) electrons. The van der Waals surface area contributed by atoms with Gasteiger partial charge >= 0.3 is 0 Å². The Labute approximate surface area is 110 Å². The number of nitrogens with zero attached hydrogens (tertiary/aromatic N) is 2. The molecule has 1 aliphatic heterocycles. The molecule has 0 unspecified atom stereocenters. The van der Waals surface area contributed by atoms with Crippen LogP contribution in [0.1, 0.15) is 25.6 Å². The molecule has 0 atom stereocenters. The van der Waals surface area contributed by atoms with E-state index in [1.807, 2.05) is 19.9 Å². The zero-order valence-corrected chi connectivity index (χ0v) is 11.7. The summed E-state index contributed by atoms with van der Waals surface area (Å²) in [7, 11) is -0.616. The molecule has 2 N–H and O–H groups in total. The van der Waals surface area contributed by atoms with Crippen molar-refractivity contribution in [1.29, 1.82) is 0 Å². The van der Waals surface area contributed by atoms with Crippen LogP contribution < -0.4 is 10.6 Å². The zero-order chi connectivity index (χ0) is 13.0. The number of aryl methyl sites for hydroxylation is 1. The first-order valence-corrected chi connectivity index (χ1v) is 7.87. The molecule has 0 amide bonds. The van der Waals surface area contributed by atoms with E-state index in [0.717, 1.165) is 48.4 Å². The fraction of sp³-hybridized carbons (Fsp3) is 0.667. The molecule has 100 valence electrons. The lowest BCUT2D eigenvalue weighted by atomic mass is 10.1. The lowest BCUT2D eigenvalue weighted by Gasteiger charge is -2.23. The minimum atomic E-state index is -0.616. The van der Waals surface area contributed by atoms with Gasteiger partial charge in [0.25, 0.3) is 0 Å².